The van der Waals surface area contributed by atoms with Crippen LogP contribution in [-0.4, -0.2) is 21.9 Å². The Morgan fingerprint density at radius 2 is 1.91 bits per heavy atom. The molecule has 1 aromatic heterocycles. The summed E-state index contributed by atoms with van der Waals surface area (Å²) in [5.74, 6) is -1.25. The first kappa shape index (κ1) is 17.0. The van der Waals surface area contributed by atoms with Crippen LogP contribution in [0.1, 0.15) is 27.0 Å². The topological polar surface area (TPSA) is 73.7 Å². The molecule has 2 aromatic rings. The van der Waals surface area contributed by atoms with Gasteiger partial charge in [0.2, 0.25) is 0 Å². The van der Waals surface area contributed by atoms with Crippen LogP contribution in [0.4, 0.5) is 4.39 Å². The standard InChI is InChI=1S/C15H14FN3O2S2/c1-9(12-6-7-13(23-12)14(20)21)18-19-15(22)17-8-10-2-4-11(16)5-3-10/h2-7H,8H2,1H3,(H,20,21)(H2,17,19,22)/b18-9-. The summed E-state index contributed by atoms with van der Waals surface area (Å²) < 4.78 is 12.8. The lowest BCUT2D eigenvalue weighted by molar-refractivity contribution is 0.0702. The van der Waals surface area contributed by atoms with Gasteiger partial charge in [-0.05, 0) is 49.0 Å². The molecule has 5 nitrogen and oxygen atoms in total. The van der Waals surface area contributed by atoms with Crippen LogP contribution in [0.5, 0.6) is 0 Å². The first-order chi connectivity index (χ1) is 11.0. The number of hydrogen-bond acceptors (Lipinski definition) is 4. The zero-order valence-corrected chi connectivity index (χ0v) is 13.8. The maximum atomic E-state index is 12.8. The molecule has 0 aliphatic rings. The number of hydrazone groups is 1. The molecule has 0 aliphatic heterocycles. The number of carboxylic acids is 1. The van der Waals surface area contributed by atoms with Crippen LogP contribution in [0.15, 0.2) is 41.5 Å². The van der Waals surface area contributed by atoms with E-state index in [4.69, 9.17) is 17.3 Å². The number of carbonyl (C=O) groups is 1. The van der Waals surface area contributed by atoms with Crippen LogP contribution in [0.25, 0.3) is 0 Å². The van der Waals surface area contributed by atoms with Crippen LogP contribution >= 0.6 is 23.6 Å². The second-order valence-electron chi connectivity index (χ2n) is 4.59. The third-order valence-electron chi connectivity index (χ3n) is 2.86. The predicted molar refractivity (Wildman–Crippen MR) is 92.5 cm³/mol. The number of aromatic carboxylic acids is 1. The molecule has 0 unspecified atom stereocenters. The lowest BCUT2D eigenvalue weighted by atomic mass is 10.2. The lowest BCUT2D eigenvalue weighted by Crippen LogP contribution is -2.32. The highest BCUT2D eigenvalue weighted by Gasteiger charge is 2.08. The van der Waals surface area contributed by atoms with Crippen LogP contribution < -0.4 is 10.7 Å². The van der Waals surface area contributed by atoms with Crippen molar-refractivity contribution < 1.29 is 14.3 Å². The van der Waals surface area contributed by atoms with E-state index in [2.05, 4.69) is 15.8 Å². The van der Waals surface area contributed by atoms with Crippen LogP contribution in [0.2, 0.25) is 0 Å². The summed E-state index contributed by atoms with van der Waals surface area (Å²) >= 11 is 6.24. The normalized spacial score (nSPS) is 11.1. The van der Waals surface area contributed by atoms with Gasteiger partial charge >= 0.3 is 5.97 Å². The van der Waals surface area contributed by atoms with Gasteiger partial charge in [0.05, 0.1) is 10.6 Å². The zero-order chi connectivity index (χ0) is 16.8. The minimum absolute atomic E-state index is 0.256. The molecule has 0 radical (unpaired) electrons. The molecule has 120 valence electrons. The molecule has 0 amide bonds. The molecular formula is C15H14FN3O2S2. The smallest absolute Gasteiger partial charge is 0.345 e. The van der Waals surface area contributed by atoms with Crippen molar-refractivity contribution in [1.82, 2.24) is 10.7 Å². The Bertz CT molecular complexity index is 741. The first-order valence-electron chi connectivity index (χ1n) is 6.62. The summed E-state index contributed by atoms with van der Waals surface area (Å²) in [4.78, 5) is 11.8. The Morgan fingerprint density at radius 3 is 2.52 bits per heavy atom. The Morgan fingerprint density at radius 1 is 1.26 bits per heavy atom. The summed E-state index contributed by atoms with van der Waals surface area (Å²) in [5.41, 5.74) is 4.22. The van der Waals surface area contributed by atoms with E-state index in [1.54, 1.807) is 25.1 Å². The highest BCUT2D eigenvalue weighted by atomic mass is 32.1. The van der Waals surface area contributed by atoms with Crippen molar-refractivity contribution in [3.05, 3.63) is 57.5 Å². The van der Waals surface area contributed by atoms with Crippen molar-refractivity contribution >= 4 is 40.3 Å². The third kappa shape index (κ3) is 5.11. The number of rotatable bonds is 5. The summed E-state index contributed by atoms with van der Waals surface area (Å²) in [6, 6.07) is 9.33. The van der Waals surface area contributed by atoms with Crippen molar-refractivity contribution in [3.8, 4) is 0 Å². The van der Waals surface area contributed by atoms with Gasteiger partial charge < -0.3 is 10.4 Å². The van der Waals surface area contributed by atoms with E-state index in [9.17, 15) is 9.18 Å². The fourth-order valence-electron chi connectivity index (χ4n) is 1.66. The van der Waals surface area contributed by atoms with Crippen LogP contribution in [-0.2, 0) is 6.54 Å². The molecule has 0 saturated carbocycles. The maximum Gasteiger partial charge on any atom is 0.345 e. The maximum absolute atomic E-state index is 12.8. The van der Waals surface area contributed by atoms with E-state index in [0.717, 1.165) is 21.8 Å². The van der Waals surface area contributed by atoms with Gasteiger partial charge in [0.25, 0.3) is 0 Å². The van der Waals surface area contributed by atoms with Crippen molar-refractivity contribution in [2.75, 3.05) is 0 Å². The molecule has 0 atom stereocenters. The largest absolute Gasteiger partial charge is 0.477 e. The van der Waals surface area contributed by atoms with Crippen molar-refractivity contribution in [2.24, 2.45) is 5.10 Å². The van der Waals surface area contributed by atoms with Gasteiger partial charge in [-0.25, -0.2) is 9.18 Å². The summed E-state index contributed by atoms with van der Waals surface area (Å²) in [6.45, 7) is 2.20. The number of thiocarbonyl (C=S) groups is 1. The lowest BCUT2D eigenvalue weighted by Gasteiger charge is -2.07. The van der Waals surface area contributed by atoms with Gasteiger partial charge in [-0.3, -0.25) is 5.43 Å². The molecule has 1 heterocycles. The molecule has 0 fully saturated rings. The van der Waals surface area contributed by atoms with Gasteiger partial charge in [0.15, 0.2) is 5.11 Å². The monoisotopic (exact) mass is 351 g/mol. The first-order valence-corrected chi connectivity index (χ1v) is 7.84. The van der Waals surface area contributed by atoms with Crippen LogP contribution in [0, 0.1) is 5.82 Å². The Labute approximate surface area is 141 Å². The highest BCUT2D eigenvalue weighted by Crippen LogP contribution is 2.17. The molecule has 3 N–H and O–H groups in total. The number of nitrogens with one attached hydrogen (secondary N) is 2. The summed E-state index contributed by atoms with van der Waals surface area (Å²) in [5, 5.41) is 16.3. The molecule has 1 aromatic carbocycles. The molecule has 23 heavy (non-hydrogen) atoms. The van der Waals surface area contributed by atoms with Crippen molar-refractivity contribution in [2.45, 2.75) is 13.5 Å². The quantitative estimate of drug-likeness (QED) is 0.439. The average molecular weight is 351 g/mol. The fourth-order valence-corrected chi connectivity index (χ4v) is 2.57. The Balaban J connectivity index is 1.86. The van der Waals surface area contributed by atoms with E-state index in [-0.39, 0.29) is 10.7 Å². The molecule has 0 aliphatic carbocycles. The Kier molecular flexibility index (Phi) is 5.78. The molecule has 2 rings (SSSR count). The average Bonchev–Trinajstić information content (AvgIpc) is 3.02. The molecule has 8 heteroatoms. The van der Waals surface area contributed by atoms with Gasteiger partial charge in [-0.15, -0.1) is 11.3 Å². The van der Waals surface area contributed by atoms with E-state index >= 15 is 0 Å². The molecular weight excluding hydrogens is 337 g/mol. The molecule has 0 spiro atoms. The summed E-state index contributed by atoms with van der Waals surface area (Å²) in [7, 11) is 0. The number of hydrogen-bond donors (Lipinski definition) is 3. The number of thiophene rings is 1. The third-order valence-corrected chi connectivity index (χ3v) is 4.28. The van der Waals surface area contributed by atoms with Gasteiger partial charge in [0, 0.05) is 6.54 Å². The van der Waals surface area contributed by atoms with Gasteiger partial charge in [0.1, 0.15) is 10.7 Å². The van der Waals surface area contributed by atoms with Crippen molar-refractivity contribution in [3.63, 3.8) is 0 Å². The highest BCUT2D eigenvalue weighted by molar-refractivity contribution is 7.80. The second-order valence-corrected chi connectivity index (χ2v) is 6.08. The fraction of sp³-hybridized carbons (Fsp3) is 0.133. The van der Waals surface area contributed by atoms with E-state index in [0.29, 0.717) is 17.4 Å². The predicted octanol–water partition coefficient (Wildman–Crippen LogP) is 2.97. The molecule has 0 saturated heterocycles. The number of benzene rings is 1. The van der Waals surface area contributed by atoms with E-state index in [1.165, 1.54) is 18.2 Å². The Hall–Kier alpha value is -2.32. The minimum Gasteiger partial charge on any atom is -0.477 e. The van der Waals surface area contributed by atoms with Gasteiger partial charge in [-0.1, -0.05) is 12.1 Å². The molecule has 0 bridgehead atoms. The van der Waals surface area contributed by atoms with Crippen LogP contribution in [0.3, 0.4) is 0 Å². The second kappa shape index (κ2) is 7.80. The summed E-state index contributed by atoms with van der Waals surface area (Å²) in [6.07, 6.45) is 0. The number of halogens is 1. The van der Waals surface area contributed by atoms with Crippen molar-refractivity contribution in [1.29, 1.82) is 0 Å². The van der Waals surface area contributed by atoms with E-state index in [1.807, 2.05) is 0 Å². The number of nitrogens with zero attached hydrogens (tertiary/aromatic N) is 1. The zero-order valence-electron chi connectivity index (χ0n) is 12.2. The number of carboxylic acid groups (broad SMARTS) is 1. The van der Waals surface area contributed by atoms with Gasteiger partial charge in [-0.2, -0.15) is 5.10 Å². The SMILES string of the molecule is C/C(=N/NC(=S)NCc1ccc(F)cc1)c1ccc(C(=O)O)s1. The minimum atomic E-state index is -0.960. The van der Waals surface area contributed by atoms with E-state index < -0.39 is 5.97 Å².